The molecule has 31 heavy (non-hydrogen) atoms. The van der Waals surface area contributed by atoms with Crippen LogP contribution in [0.2, 0.25) is 0 Å². The molecule has 4 rings (SSSR count). The van der Waals surface area contributed by atoms with Crippen LogP contribution in [-0.4, -0.2) is 88.9 Å². The molecule has 0 spiro atoms. The van der Waals surface area contributed by atoms with Crippen molar-refractivity contribution in [1.82, 2.24) is 19.8 Å². The number of likely N-dealkylation sites (N-methyl/N-ethyl adjacent to an activating group) is 1. The van der Waals surface area contributed by atoms with Gasteiger partial charge in [-0.1, -0.05) is 0 Å². The SMILES string of the molecule is CN1CCc2ncc(N3CCN(C4CCC(OCC(=O)O)CC4)C3=O)nc2CC1.Cl.Cl. The van der Waals surface area contributed by atoms with Crippen LogP contribution in [0.3, 0.4) is 0 Å². The molecule has 0 radical (unpaired) electrons. The van der Waals surface area contributed by atoms with Crippen LogP contribution in [-0.2, 0) is 22.4 Å². The molecule has 9 nitrogen and oxygen atoms in total. The minimum Gasteiger partial charge on any atom is -0.480 e. The number of halogens is 2. The minimum atomic E-state index is -0.939. The summed E-state index contributed by atoms with van der Waals surface area (Å²) in [6.45, 7) is 3.00. The molecule has 2 aliphatic heterocycles. The number of carboxylic acid groups (broad SMARTS) is 1. The summed E-state index contributed by atoms with van der Waals surface area (Å²) < 4.78 is 5.41. The number of aliphatic carboxylic acids is 1. The van der Waals surface area contributed by atoms with Crippen molar-refractivity contribution in [2.75, 3.05) is 44.7 Å². The Balaban J connectivity index is 0.00000171. The fourth-order valence-corrected chi connectivity index (χ4v) is 4.50. The van der Waals surface area contributed by atoms with Gasteiger partial charge in [0.25, 0.3) is 0 Å². The summed E-state index contributed by atoms with van der Waals surface area (Å²) in [6, 6.07) is 0.180. The van der Waals surface area contributed by atoms with Crippen molar-refractivity contribution < 1.29 is 19.4 Å². The van der Waals surface area contributed by atoms with E-state index in [0.29, 0.717) is 18.9 Å². The van der Waals surface area contributed by atoms with Gasteiger partial charge in [0.15, 0.2) is 5.82 Å². The van der Waals surface area contributed by atoms with Crippen molar-refractivity contribution >= 4 is 42.6 Å². The smallest absolute Gasteiger partial charge is 0.329 e. The molecule has 0 aromatic carbocycles. The molecular weight excluding hydrogens is 445 g/mol. The number of hydrogen-bond acceptors (Lipinski definition) is 6. The number of aromatic nitrogens is 2. The van der Waals surface area contributed by atoms with Crippen LogP contribution in [0, 0.1) is 0 Å². The van der Waals surface area contributed by atoms with Crippen molar-refractivity contribution in [1.29, 1.82) is 0 Å². The van der Waals surface area contributed by atoms with Gasteiger partial charge in [-0.05, 0) is 32.7 Å². The maximum absolute atomic E-state index is 13.1. The predicted octanol–water partition coefficient (Wildman–Crippen LogP) is 2.00. The highest BCUT2D eigenvalue weighted by molar-refractivity contribution is 5.93. The maximum atomic E-state index is 13.1. The Bertz CT molecular complexity index is 776. The highest BCUT2D eigenvalue weighted by Crippen LogP contribution is 2.29. The van der Waals surface area contributed by atoms with E-state index in [9.17, 15) is 9.59 Å². The Morgan fingerprint density at radius 1 is 1.10 bits per heavy atom. The van der Waals surface area contributed by atoms with Gasteiger partial charge < -0.3 is 19.6 Å². The fraction of sp³-hybridized carbons (Fsp3) is 0.700. The number of fused-ring (bicyclic) bond motifs is 1. The number of anilines is 1. The van der Waals surface area contributed by atoms with Gasteiger partial charge in [0.2, 0.25) is 0 Å². The molecule has 2 amide bonds. The van der Waals surface area contributed by atoms with E-state index in [2.05, 4.69) is 16.9 Å². The summed E-state index contributed by atoms with van der Waals surface area (Å²) in [5.41, 5.74) is 2.05. The molecule has 3 aliphatic rings. The lowest BCUT2D eigenvalue weighted by molar-refractivity contribution is -0.145. The number of carbonyl (C=O) groups is 2. The number of hydrogen-bond donors (Lipinski definition) is 1. The third-order valence-corrected chi connectivity index (χ3v) is 6.22. The highest BCUT2D eigenvalue weighted by Gasteiger charge is 2.37. The quantitative estimate of drug-likeness (QED) is 0.694. The Hall–Kier alpha value is -1.68. The van der Waals surface area contributed by atoms with E-state index < -0.39 is 5.97 Å². The van der Waals surface area contributed by atoms with Crippen LogP contribution in [0.4, 0.5) is 10.6 Å². The topological polar surface area (TPSA) is 99.1 Å². The van der Waals surface area contributed by atoms with Crippen molar-refractivity contribution in [2.45, 2.75) is 50.7 Å². The lowest BCUT2D eigenvalue weighted by Gasteiger charge is -2.34. The molecular formula is C20H31Cl2N5O4. The van der Waals surface area contributed by atoms with Gasteiger partial charge in [0, 0.05) is 45.1 Å². The molecule has 3 heterocycles. The molecule has 0 bridgehead atoms. The van der Waals surface area contributed by atoms with Crippen molar-refractivity contribution in [3.63, 3.8) is 0 Å². The van der Waals surface area contributed by atoms with Gasteiger partial charge in [-0.3, -0.25) is 9.88 Å². The van der Waals surface area contributed by atoms with Gasteiger partial charge >= 0.3 is 12.0 Å². The third kappa shape index (κ3) is 5.97. The average Bonchev–Trinajstić information content (AvgIpc) is 3.00. The number of rotatable bonds is 5. The first-order chi connectivity index (χ1) is 14.0. The lowest BCUT2D eigenvalue weighted by atomic mass is 9.92. The summed E-state index contributed by atoms with van der Waals surface area (Å²) in [4.78, 5) is 39.1. The van der Waals surface area contributed by atoms with Gasteiger partial charge in [0.05, 0.1) is 23.7 Å². The summed E-state index contributed by atoms with van der Waals surface area (Å²) >= 11 is 0. The third-order valence-electron chi connectivity index (χ3n) is 6.22. The predicted molar refractivity (Wildman–Crippen MR) is 121 cm³/mol. The van der Waals surface area contributed by atoms with E-state index in [1.165, 1.54) is 0 Å². The summed E-state index contributed by atoms with van der Waals surface area (Å²) in [5.74, 6) is -0.287. The molecule has 0 unspecified atom stereocenters. The highest BCUT2D eigenvalue weighted by atomic mass is 35.5. The van der Waals surface area contributed by atoms with Crippen LogP contribution in [0.25, 0.3) is 0 Å². The average molecular weight is 476 g/mol. The second kappa shape index (κ2) is 11.3. The summed E-state index contributed by atoms with van der Waals surface area (Å²) in [7, 11) is 2.11. The second-order valence-corrected chi connectivity index (χ2v) is 8.19. The largest absolute Gasteiger partial charge is 0.480 e. The van der Waals surface area contributed by atoms with Crippen LogP contribution in [0.15, 0.2) is 6.20 Å². The number of urea groups is 1. The van der Waals surface area contributed by atoms with Gasteiger partial charge in [-0.2, -0.15) is 0 Å². The lowest BCUT2D eigenvalue weighted by Crippen LogP contribution is -2.42. The second-order valence-electron chi connectivity index (χ2n) is 8.19. The molecule has 1 aliphatic carbocycles. The molecule has 11 heteroatoms. The van der Waals surface area contributed by atoms with Crippen molar-refractivity contribution in [3.8, 4) is 0 Å². The Kier molecular flexibility index (Phi) is 9.29. The molecule has 0 atom stereocenters. The van der Waals surface area contributed by atoms with Crippen LogP contribution < -0.4 is 4.90 Å². The van der Waals surface area contributed by atoms with E-state index >= 15 is 0 Å². The minimum absolute atomic E-state index is 0. The molecule has 1 aromatic rings. The summed E-state index contributed by atoms with van der Waals surface area (Å²) in [6.07, 6.45) is 6.72. The fourth-order valence-electron chi connectivity index (χ4n) is 4.50. The normalized spacial score (nSPS) is 24.1. The molecule has 1 N–H and O–H groups in total. The van der Waals surface area contributed by atoms with Gasteiger partial charge in [-0.25, -0.2) is 14.6 Å². The molecule has 1 saturated carbocycles. The van der Waals surface area contributed by atoms with E-state index in [1.807, 2.05) is 4.90 Å². The zero-order valence-corrected chi connectivity index (χ0v) is 19.4. The standard InChI is InChI=1S/C20H29N5O4.2ClH/c1-23-8-6-16-17(7-9-23)22-18(12-21-16)25-11-10-24(20(25)28)14-2-4-15(5-3-14)29-13-19(26)27;;/h12,14-15H,2-11,13H2,1H3,(H,26,27);2*1H. The first-order valence-electron chi connectivity index (χ1n) is 10.5. The number of carbonyl (C=O) groups excluding carboxylic acids is 1. The number of ether oxygens (including phenoxy) is 1. The molecule has 174 valence electrons. The van der Waals surface area contributed by atoms with Crippen molar-refractivity contribution in [3.05, 3.63) is 17.6 Å². The maximum Gasteiger partial charge on any atom is 0.329 e. The Morgan fingerprint density at radius 2 is 1.77 bits per heavy atom. The monoisotopic (exact) mass is 475 g/mol. The molecule has 2 fully saturated rings. The zero-order valence-electron chi connectivity index (χ0n) is 17.7. The first-order valence-corrected chi connectivity index (χ1v) is 10.5. The number of amides is 2. The molecule has 1 aromatic heterocycles. The van der Waals surface area contributed by atoms with E-state index in [-0.39, 0.29) is 49.6 Å². The van der Waals surface area contributed by atoms with Crippen molar-refractivity contribution in [2.24, 2.45) is 0 Å². The van der Waals surface area contributed by atoms with Crippen LogP contribution in [0.1, 0.15) is 37.1 Å². The zero-order chi connectivity index (χ0) is 20.4. The van der Waals surface area contributed by atoms with E-state index in [0.717, 1.165) is 63.0 Å². The summed E-state index contributed by atoms with van der Waals surface area (Å²) in [5, 5.41) is 8.75. The Labute approximate surface area is 195 Å². The van der Waals surface area contributed by atoms with Gasteiger partial charge in [-0.15, -0.1) is 24.8 Å². The molecule has 1 saturated heterocycles. The van der Waals surface area contributed by atoms with E-state index in [4.69, 9.17) is 14.8 Å². The Morgan fingerprint density at radius 3 is 2.45 bits per heavy atom. The van der Waals surface area contributed by atoms with E-state index in [1.54, 1.807) is 11.1 Å². The van der Waals surface area contributed by atoms with Crippen LogP contribution >= 0.6 is 24.8 Å². The number of carboxylic acids is 1. The van der Waals surface area contributed by atoms with Gasteiger partial charge in [0.1, 0.15) is 6.61 Å². The first kappa shape index (κ1) is 25.6. The number of nitrogens with zero attached hydrogens (tertiary/aromatic N) is 5. The van der Waals surface area contributed by atoms with Crippen LogP contribution in [0.5, 0.6) is 0 Å².